The number of aryl methyl sites for hydroxylation is 2. The zero-order valence-electron chi connectivity index (χ0n) is 13.2. The molecule has 23 heavy (non-hydrogen) atoms. The van der Waals surface area contributed by atoms with E-state index in [9.17, 15) is 9.59 Å². The molecule has 4 rings (SSSR count). The minimum atomic E-state index is -0.0281. The average Bonchev–Trinajstić information content (AvgIpc) is 3.03. The van der Waals surface area contributed by atoms with Gasteiger partial charge in [-0.05, 0) is 37.7 Å². The molecule has 2 aromatic heterocycles. The van der Waals surface area contributed by atoms with Crippen LogP contribution in [0.2, 0.25) is 0 Å². The zero-order chi connectivity index (χ0) is 16.0. The van der Waals surface area contributed by atoms with Gasteiger partial charge in [0.2, 0.25) is 0 Å². The Kier molecular flexibility index (Phi) is 3.69. The van der Waals surface area contributed by atoms with E-state index < -0.39 is 0 Å². The molecular weight excluding hydrogens is 312 g/mol. The van der Waals surface area contributed by atoms with E-state index in [0.717, 1.165) is 47.2 Å². The van der Waals surface area contributed by atoms with Crippen LogP contribution in [0.3, 0.4) is 0 Å². The Bertz CT molecular complexity index is 821. The number of nitrogens with zero attached hydrogens (tertiary/aromatic N) is 1. The van der Waals surface area contributed by atoms with Crippen LogP contribution < -0.4 is 15.8 Å². The van der Waals surface area contributed by atoms with Crippen molar-refractivity contribution in [2.75, 3.05) is 13.6 Å². The highest BCUT2D eigenvalue weighted by molar-refractivity contribution is 7.18. The molecule has 2 heterocycles. The number of thiophene rings is 1. The Morgan fingerprint density at radius 2 is 2.26 bits per heavy atom. The summed E-state index contributed by atoms with van der Waals surface area (Å²) in [5.41, 5.74) is 1.18. The van der Waals surface area contributed by atoms with Crippen molar-refractivity contribution in [1.29, 1.82) is 0 Å². The number of aromatic nitrogens is 2. The van der Waals surface area contributed by atoms with Gasteiger partial charge in [0, 0.05) is 10.9 Å². The molecule has 3 N–H and O–H groups in total. The molecular formula is C16H21N4O2S+. The van der Waals surface area contributed by atoms with E-state index in [0.29, 0.717) is 25.0 Å². The second-order valence-electron chi connectivity index (χ2n) is 6.70. The zero-order valence-corrected chi connectivity index (χ0v) is 14.0. The summed E-state index contributed by atoms with van der Waals surface area (Å²) in [6, 6.07) is 0.387. The van der Waals surface area contributed by atoms with Gasteiger partial charge in [-0.15, -0.1) is 11.3 Å². The normalized spacial score (nSPS) is 18.1. The maximum Gasteiger partial charge on any atom is 0.275 e. The third kappa shape index (κ3) is 3.03. The Balaban J connectivity index is 1.50. The lowest BCUT2D eigenvalue weighted by molar-refractivity contribution is -0.886. The smallest absolute Gasteiger partial charge is 0.275 e. The number of hydrogen-bond acceptors (Lipinski definition) is 4. The summed E-state index contributed by atoms with van der Waals surface area (Å²) in [4.78, 5) is 35.0. The van der Waals surface area contributed by atoms with E-state index in [2.05, 4.69) is 15.3 Å². The molecule has 2 aromatic rings. The number of fused-ring (bicyclic) bond motifs is 3. The van der Waals surface area contributed by atoms with Gasteiger partial charge in [-0.1, -0.05) is 0 Å². The summed E-state index contributed by atoms with van der Waals surface area (Å²) in [5, 5.41) is 3.77. The third-order valence-corrected chi connectivity index (χ3v) is 5.68. The fourth-order valence-electron chi connectivity index (χ4n) is 3.26. The molecule has 0 saturated heterocycles. The molecule has 0 radical (unpaired) electrons. The second-order valence-corrected chi connectivity index (χ2v) is 7.79. The number of rotatable bonds is 5. The van der Waals surface area contributed by atoms with Crippen molar-refractivity contribution in [1.82, 2.24) is 15.3 Å². The van der Waals surface area contributed by atoms with E-state index in [4.69, 9.17) is 0 Å². The number of carbonyl (C=O) groups excluding carboxylic acids is 1. The van der Waals surface area contributed by atoms with Crippen LogP contribution in [0, 0.1) is 0 Å². The first-order valence-corrected chi connectivity index (χ1v) is 9.06. The van der Waals surface area contributed by atoms with Crippen molar-refractivity contribution in [2.24, 2.45) is 0 Å². The topological polar surface area (TPSA) is 79.3 Å². The van der Waals surface area contributed by atoms with Crippen molar-refractivity contribution in [2.45, 2.75) is 44.7 Å². The standard InChI is InChI=1S/C16H20N4O2S/c1-20(8-13(21)17-9-5-6-9)7-12-18-15(22)14-10-3-2-4-11(10)23-16(14)19-12/h9H,2-8H2,1H3,(H,17,21)(H,18,19,22)/p+1. The summed E-state index contributed by atoms with van der Waals surface area (Å²) < 4.78 is 0. The largest absolute Gasteiger partial charge is 0.348 e. The molecule has 0 aliphatic heterocycles. The molecule has 0 spiro atoms. The Labute approximate surface area is 137 Å². The van der Waals surface area contributed by atoms with E-state index in [-0.39, 0.29) is 11.5 Å². The van der Waals surface area contributed by atoms with Gasteiger partial charge in [-0.2, -0.15) is 0 Å². The number of amides is 1. The SMILES string of the molecule is C[NH+](CC(=O)NC1CC1)Cc1nc2sc3c(c2c(=O)[nH]1)CCC3. The van der Waals surface area contributed by atoms with Crippen LogP contribution in [0.1, 0.15) is 35.5 Å². The molecule has 1 saturated carbocycles. The summed E-state index contributed by atoms with van der Waals surface area (Å²) in [6.45, 7) is 0.949. The van der Waals surface area contributed by atoms with Crippen molar-refractivity contribution in [3.8, 4) is 0 Å². The number of carbonyl (C=O) groups is 1. The predicted molar refractivity (Wildman–Crippen MR) is 88.9 cm³/mol. The lowest BCUT2D eigenvalue weighted by atomic mass is 10.2. The average molecular weight is 333 g/mol. The number of aromatic amines is 1. The minimum Gasteiger partial charge on any atom is -0.348 e. The molecule has 6 nitrogen and oxygen atoms in total. The van der Waals surface area contributed by atoms with Gasteiger partial charge in [0.25, 0.3) is 11.5 Å². The molecule has 2 aliphatic carbocycles. The lowest BCUT2D eigenvalue weighted by Gasteiger charge is -2.13. The van der Waals surface area contributed by atoms with Gasteiger partial charge < -0.3 is 15.2 Å². The Morgan fingerprint density at radius 1 is 1.43 bits per heavy atom. The van der Waals surface area contributed by atoms with Gasteiger partial charge in [-0.3, -0.25) is 9.59 Å². The van der Waals surface area contributed by atoms with Crippen LogP contribution in [0.25, 0.3) is 10.2 Å². The summed E-state index contributed by atoms with van der Waals surface area (Å²) >= 11 is 1.65. The quantitative estimate of drug-likeness (QED) is 0.707. The van der Waals surface area contributed by atoms with E-state index in [1.807, 2.05) is 7.05 Å². The monoisotopic (exact) mass is 333 g/mol. The highest BCUT2D eigenvalue weighted by atomic mass is 32.1. The number of H-pyrrole nitrogens is 1. The van der Waals surface area contributed by atoms with Crippen LogP contribution >= 0.6 is 11.3 Å². The molecule has 7 heteroatoms. The first kappa shape index (κ1) is 14.8. The first-order valence-electron chi connectivity index (χ1n) is 8.24. The highest BCUT2D eigenvalue weighted by Gasteiger charge is 2.25. The fourth-order valence-corrected chi connectivity index (χ4v) is 4.54. The van der Waals surface area contributed by atoms with Crippen molar-refractivity contribution in [3.63, 3.8) is 0 Å². The highest BCUT2D eigenvalue weighted by Crippen LogP contribution is 2.34. The molecule has 0 bridgehead atoms. The van der Waals surface area contributed by atoms with Crippen LogP contribution in [0.5, 0.6) is 0 Å². The van der Waals surface area contributed by atoms with Crippen LogP contribution in [-0.4, -0.2) is 35.5 Å². The number of hydrogen-bond donors (Lipinski definition) is 3. The van der Waals surface area contributed by atoms with Gasteiger partial charge in [-0.25, -0.2) is 4.98 Å². The van der Waals surface area contributed by atoms with Crippen LogP contribution in [-0.2, 0) is 24.2 Å². The molecule has 1 amide bonds. The van der Waals surface area contributed by atoms with E-state index in [1.54, 1.807) is 11.3 Å². The maximum absolute atomic E-state index is 12.4. The van der Waals surface area contributed by atoms with E-state index in [1.165, 1.54) is 10.4 Å². The summed E-state index contributed by atoms with van der Waals surface area (Å²) in [7, 11) is 1.95. The van der Waals surface area contributed by atoms with Crippen LogP contribution in [0.15, 0.2) is 4.79 Å². The van der Waals surface area contributed by atoms with Gasteiger partial charge >= 0.3 is 0 Å². The molecule has 1 atom stereocenters. The van der Waals surface area contributed by atoms with E-state index >= 15 is 0 Å². The third-order valence-electron chi connectivity index (χ3n) is 4.50. The number of likely N-dealkylation sites (N-methyl/N-ethyl adjacent to an activating group) is 1. The lowest BCUT2D eigenvalue weighted by Crippen LogP contribution is -3.09. The molecule has 0 aromatic carbocycles. The predicted octanol–water partition coefficient (Wildman–Crippen LogP) is -0.233. The first-order chi connectivity index (χ1) is 11.1. The fraction of sp³-hybridized carbons (Fsp3) is 0.562. The van der Waals surface area contributed by atoms with Crippen molar-refractivity contribution >= 4 is 27.5 Å². The minimum absolute atomic E-state index is 0.0281. The van der Waals surface area contributed by atoms with Gasteiger partial charge in [0.1, 0.15) is 11.4 Å². The molecule has 2 aliphatic rings. The Hall–Kier alpha value is -1.73. The summed E-state index contributed by atoms with van der Waals surface area (Å²) in [5.74, 6) is 0.739. The Morgan fingerprint density at radius 3 is 3.04 bits per heavy atom. The second kappa shape index (κ2) is 5.72. The van der Waals surface area contributed by atoms with Crippen molar-refractivity contribution in [3.05, 3.63) is 26.6 Å². The van der Waals surface area contributed by atoms with Gasteiger partial charge in [0.15, 0.2) is 12.4 Å². The van der Waals surface area contributed by atoms with Crippen LogP contribution in [0.4, 0.5) is 0 Å². The van der Waals surface area contributed by atoms with Crippen molar-refractivity contribution < 1.29 is 9.69 Å². The number of nitrogens with one attached hydrogen (secondary N) is 3. The summed E-state index contributed by atoms with van der Waals surface area (Å²) in [6.07, 6.45) is 5.39. The number of quaternary nitrogens is 1. The molecule has 1 fully saturated rings. The maximum atomic E-state index is 12.4. The molecule has 122 valence electrons. The molecule has 1 unspecified atom stereocenters. The van der Waals surface area contributed by atoms with Gasteiger partial charge in [0.05, 0.1) is 12.4 Å².